The van der Waals surface area contributed by atoms with Crippen molar-refractivity contribution in [3.63, 3.8) is 0 Å². The van der Waals surface area contributed by atoms with Crippen molar-refractivity contribution in [2.75, 3.05) is 0 Å². The standard InChI is InChI=1S/C20H22N2O4/c1-14(23)21-17(12-15-8-4-2-5-9-15)19(24)22-18(20(25)26)13-16-10-6-3-7-11-16/h2-11,17-18H,12-13H2,1H3,(H,21,23)(H,22,24)(H,25,26)/t17?,18-/m0/s1. The van der Waals surface area contributed by atoms with E-state index in [2.05, 4.69) is 10.6 Å². The molecular weight excluding hydrogens is 332 g/mol. The fourth-order valence-corrected chi connectivity index (χ4v) is 2.63. The zero-order valence-corrected chi connectivity index (χ0v) is 14.5. The van der Waals surface area contributed by atoms with Crippen molar-refractivity contribution < 1.29 is 19.5 Å². The van der Waals surface area contributed by atoms with E-state index in [-0.39, 0.29) is 18.7 Å². The molecule has 6 nitrogen and oxygen atoms in total. The quantitative estimate of drug-likeness (QED) is 0.670. The van der Waals surface area contributed by atoms with Crippen molar-refractivity contribution in [1.29, 1.82) is 0 Å². The van der Waals surface area contributed by atoms with Crippen molar-refractivity contribution in [3.8, 4) is 0 Å². The average molecular weight is 354 g/mol. The summed E-state index contributed by atoms with van der Waals surface area (Å²) in [7, 11) is 0. The highest BCUT2D eigenvalue weighted by molar-refractivity contribution is 5.90. The molecule has 0 aliphatic rings. The van der Waals surface area contributed by atoms with E-state index in [0.29, 0.717) is 0 Å². The van der Waals surface area contributed by atoms with Crippen LogP contribution in [0.4, 0.5) is 0 Å². The van der Waals surface area contributed by atoms with Crippen molar-refractivity contribution >= 4 is 17.8 Å². The van der Waals surface area contributed by atoms with Gasteiger partial charge in [-0.05, 0) is 11.1 Å². The van der Waals surface area contributed by atoms with Crippen LogP contribution >= 0.6 is 0 Å². The van der Waals surface area contributed by atoms with Crippen LogP contribution in [0.3, 0.4) is 0 Å². The van der Waals surface area contributed by atoms with Gasteiger partial charge in [0.1, 0.15) is 12.1 Å². The second-order valence-corrected chi connectivity index (χ2v) is 6.03. The minimum atomic E-state index is -1.12. The van der Waals surface area contributed by atoms with Gasteiger partial charge in [-0.3, -0.25) is 9.59 Å². The normalized spacial score (nSPS) is 12.7. The summed E-state index contributed by atoms with van der Waals surface area (Å²) in [5, 5.41) is 14.6. The molecule has 1 unspecified atom stereocenters. The number of hydrogen-bond acceptors (Lipinski definition) is 3. The SMILES string of the molecule is CC(=O)NC(Cc1ccccc1)C(=O)N[C@@H](Cc1ccccc1)C(=O)O. The molecule has 2 aromatic rings. The third kappa shape index (κ3) is 6.05. The van der Waals surface area contributed by atoms with E-state index in [1.165, 1.54) is 6.92 Å². The lowest BCUT2D eigenvalue weighted by Crippen LogP contribution is -2.52. The predicted octanol–water partition coefficient (Wildman–Crippen LogP) is 1.55. The molecule has 0 bridgehead atoms. The van der Waals surface area contributed by atoms with Crippen molar-refractivity contribution in [2.24, 2.45) is 0 Å². The van der Waals surface area contributed by atoms with Crippen LogP contribution in [0.5, 0.6) is 0 Å². The Balaban J connectivity index is 2.09. The summed E-state index contributed by atoms with van der Waals surface area (Å²) in [5.74, 6) is -1.99. The monoisotopic (exact) mass is 354 g/mol. The summed E-state index contributed by atoms with van der Waals surface area (Å²) in [6.45, 7) is 1.32. The Kier molecular flexibility index (Phi) is 6.91. The summed E-state index contributed by atoms with van der Waals surface area (Å²) < 4.78 is 0. The molecule has 2 amide bonds. The van der Waals surface area contributed by atoms with Crippen LogP contribution in [-0.2, 0) is 27.2 Å². The van der Waals surface area contributed by atoms with Crippen LogP contribution in [-0.4, -0.2) is 35.0 Å². The number of hydrogen-bond donors (Lipinski definition) is 3. The molecule has 2 aromatic carbocycles. The molecule has 0 aliphatic carbocycles. The summed E-state index contributed by atoms with van der Waals surface area (Å²) >= 11 is 0. The van der Waals surface area contributed by atoms with Crippen LogP contribution < -0.4 is 10.6 Å². The topological polar surface area (TPSA) is 95.5 Å². The Bertz CT molecular complexity index is 747. The zero-order valence-electron chi connectivity index (χ0n) is 14.5. The minimum Gasteiger partial charge on any atom is -0.480 e. The van der Waals surface area contributed by atoms with Gasteiger partial charge in [0.2, 0.25) is 11.8 Å². The number of amides is 2. The Morgan fingerprint density at radius 1 is 0.808 bits per heavy atom. The molecule has 0 fully saturated rings. The van der Waals surface area contributed by atoms with Crippen LogP contribution in [0.2, 0.25) is 0 Å². The van der Waals surface area contributed by atoms with Gasteiger partial charge in [-0.1, -0.05) is 60.7 Å². The maximum absolute atomic E-state index is 12.6. The maximum Gasteiger partial charge on any atom is 0.326 e. The number of nitrogens with one attached hydrogen (secondary N) is 2. The van der Waals surface area contributed by atoms with Gasteiger partial charge in [-0.15, -0.1) is 0 Å². The molecule has 0 aromatic heterocycles. The average Bonchev–Trinajstić information content (AvgIpc) is 2.62. The molecule has 2 rings (SSSR count). The molecule has 0 spiro atoms. The maximum atomic E-state index is 12.6. The van der Waals surface area contributed by atoms with E-state index in [1.807, 2.05) is 48.5 Å². The van der Waals surface area contributed by atoms with Gasteiger partial charge in [-0.25, -0.2) is 4.79 Å². The summed E-state index contributed by atoms with van der Waals surface area (Å²) in [6.07, 6.45) is 0.448. The van der Waals surface area contributed by atoms with Gasteiger partial charge >= 0.3 is 5.97 Å². The Morgan fingerprint density at radius 2 is 1.27 bits per heavy atom. The molecular formula is C20H22N2O4. The number of aliphatic carboxylic acids is 1. The van der Waals surface area contributed by atoms with Crippen molar-refractivity contribution in [1.82, 2.24) is 10.6 Å². The van der Waals surface area contributed by atoms with E-state index < -0.39 is 24.0 Å². The zero-order chi connectivity index (χ0) is 18.9. The van der Waals surface area contributed by atoms with Gasteiger partial charge < -0.3 is 15.7 Å². The Hall–Kier alpha value is -3.15. The van der Waals surface area contributed by atoms with E-state index in [0.717, 1.165) is 11.1 Å². The predicted molar refractivity (Wildman–Crippen MR) is 97.5 cm³/mol. The van der Waals surface area contributed by atoms with Crippen LogP contribution in [0.25, 0.3) is 0 Å². The molecule has 0 radical (unpaired) electrons. The van der Waals surface area contributed by atoms with E-state index in [4.69, 9.17) is 0 Å². The van der Waals surface area contributed by atoms with Gasteiger partial charge in [0, 0.05) is 19.8 Å². The molecule has 3 N–H and O–H groups in total. The minimum absolute atomic E-state index is 0.167. The van der Waals surface area contributed by atoms with Crippen LogP contribution in [0, 0.1) is 0 Å². The van der Waals surface area contributed by atoms with Crippen molar-refractivity contribution in [3.05, 3.63) is 71.8 Å². The molecule has 0 saturated heterocycles. The number of carboxylic acid groups (broad SMARTS) is 1. The van der Waals surface area contributed by atoms with Gasteiger partial charge in [-0.2, -0.15) is 0 Å². The fourth-order valence-electron chi connectivity index (χ4n) is 2.63. The highest BCUT2D eigenvalue weighted by Gasteiger charge is 2.26. The molecule has 6 heteroatoms. The first-order valence-corrected chi connectivity index (χ1v) is 8.34. The first-order chi connectivity index (χ1) is 12.5. The lowest BCUT2D eigenvalue weighted by molar-refractivity contribution is -0.142. The first-order valence-electron chi connectivity index (χ1n) is 8.34. The van der Waals surface area contributed by atoms with Gasteiger partial charge in [0.05, 0.1) is 0 Å². The number of rotatable bonds is 8. The van der Waals surface area contributed by atoms with Crippen LogP contribution in [0.1, 0.15) is 18.1 Å². The number of carbonyl (C=O) groups is 3. The molecule has 0 aliphatic heterocycles. The molecule has 26 heavy (non-hydrogen) atoms. The van der Waals surface area contributed by atoms with E-state index >= 15 is 0 Å². The lowest BCUT2D eigenvalue weighted by Gasteiger charge is -2.21. The van der Waals surface area contributed by atoms with Crippen LogP contribution in [0.15, 0.2) is 60.7 Å². The molecule has 2 atom stereocenters. The van der Waals surface area contributed by atoms with Gasteiger partial charge in [0.25, 0.3) is 0 Å². The number of carboxylic acids is 1. The highest BCUT2D eigenvalue weighted by atomic mass is 16.4. The number of carbonyl (C=O) groups excluding carboxylic acids is 2. The molecule has 0 heterocycles. The van der Waals surface area contributed by atoms with E-state index in [1.54, 1.807) is 12.1 Å². The summed E-state index contributed by atoms with van der Waals surface area (Å²) in [4.78, 5) is 35.6. The molecule has 136 valence electrons. The van der Waals surface area contributed by atoms with Crippen molar-refractivity contribution in [2.45, 2.75) is 31.8 Å². The van der Waals surface area contributed by atoms with E-state index in [9.17, 15) is 19.5 Å². The third-order valence-corrected chi connectivity index (χ3v) is 3.87. The number of benzene rings is 2. The Labute approximate surface area is 152 Å². The molecule has 0 saturated carbocycles. The van der Waals surface area contributed by atoms with Gasteiger partial charge in [0.15, 0.2) is 0 Å². The Morgan fingerprint density at radius 3 is 1.69 bits per heavy atom. The largest absolute Gasteiger partial charge is 0.480 e. The second kappa shape index (κ2) is 9.36. The highest BCUT2D eigenvalue weighted by Crippen LogP contribution is 2.07. The fraction of sp³-hybridized carbons (Fsp3) is 0.250. The third-order valence-electron chi connectivity index (χ3n) is 3.87. The smallest absolute Gasteiger partial charge is 0.326 e. The summed E-state index contributed by atoms with van der Waals surface area (Å²) in [6, 6.07) is 16.4. The summed E-state index contributed by atoms with van der Waals surface area (Å²) in [5.41, 5.74) is 1.68. The second-order valence-electron chi connectivity index (χ2n) is 6.03. The first kappa shape index (κ1) is 19.2. The lowest BCUT2D eigenvalue weighted by atomic mass is 10.0.